The molecule has 2 aromatic carbocycles. The monoisotopic (exact) mass is 378 g/mol. The number of nitrogens with one attached hydrogen (secondary N) is 1. The Morgan fingerprint density at radius 3 is 2.12 bits per heavy atom. The highest BCUT2D eigenvalue weighted by molar-refractivity contribution is 7.92. The standard InChI is InChI=1S/C15H14ClF3N2O2S/c1-21(2)14-8-3-10(15(17,18)19)9-13(14)20-24(22,23)12-6-4-11(16)5-7-12/h3-9,20H,1-2H3. The predicted molar refractivity (Wildman–Crippen MR) is 88.0 cm³/mol. The van der Waals surface area contributed by atoms with Crippen LogP contribution in [0.4, 0.5) is 24.5 Å². The summed E-state index contributed by atoms with van der Waals surface area (Å²) in [6.07, 6.45) is -4.58. The molecule has 0 spiro atoms. The summed E-state index contributed by atoms with van der Waals surface area (Å²) in [5.41, 5.74) is -0.799. The van der Waals surface area contributed by atoms with Crippen molar-refractivity contribution >= 4 is 33.0 Å². The number of hydrogen-bond donors (Lipinski definition) is 1. The van der Waals surface area contributed by atoms with E-state index < -0.39 is 21.8 Å². The Hall–Kier alpha value is -1.93. The van der Waals surface area contributed by atoms with Crippen molar-refractivity contribution in [1.82, 2.24) is 0 Å². The van der Waals surface area contributed by atoms with Crippen LogP contribution in [0.25, 0.3) is 0 Å². The first-order chi connectivity index (χ1) is 11.0. The molecule has 24 heavy (non-hydrogen) atoms. The molecule has 2 aromatic rings. The molecule has 130 valence electrons. The van der Waals surface area contributed by atoms with Crippen molar-refractivity contribution in [2.24, 2.45) is 0 Å². The Balaban J connectivity index is 2.48. The molecule has 0 aromatic heterocycles. The summed E-state index contributed by atoms with van der Waals surface area (Å²) in [6, 6.07) is 8.19. The minimum atomic E-state index is -4.58. The zero-order valence-electron chi connectivity index (χ0n) is 12.7. The van der Waals surface area contributed by atoms with Gasteiger partial charge in [-0.3, -0.25) is 4.72 Å². The summed E-state index contributed by atoms with van der Waals surface area (Å²) >= 11 is 5.71. The van der Waals surface area contributed by atoms with E-state index in [1.54, 1.807) is 14.1 Å². The van der Waals surface area contributed by atoms with Crippen LogP contribution < -0.4 is 9.62 Å². The molecule has 0 fully saturated rings. The van der Waals surface area contributed by atoms with Gasteiger partial charge in [-0.1, -0.05) is 11.6 Å². The minimum Gasteiger partial charge on any atom is -0.376 e. The lowest BCUT2D eigenvalue weighted by Crippen LogP contribution is -2.18. The molecule has 0 heterocycles. The third-order valence-corrected chi connectivity index (χ3v) is 4.81. The summed E-state index contributed by atoms with van der Waals surface area (Å²) in [5, 5.41) is 0.349. The Morgan fingerprint density at radius 1 is 1.04 bits per heavy atom. The van der Waals surface area contributed by atoms with E-state index in [-0.39, 0.29) is 10.6 Å². The van der Waals surface area contributed by atoms with Gasteiger partial charge in [0.1, 0.15) is 0 Å². The maximum atomic E-state index is 12.9. The Morgan fingerprint density at radius 2 is 1.62 bits per heavy atom. The Labute approximate surface area is 142 Å². The van der Waals surface area contributed by atoms with Crippen molar-refractivity contribution in [1.29, 1.82) is 0 Å². The smallest absolute Gasteiger partial charge is 0.376 e. The second-order valence-corrected chi connectivity index (χ2v) is 7.30. The molecule has 0 amide bonds. The van der Waals surface area contributed by atoms with Crippen molar-refractivity contribution in [3.63, 3.8) is 0 Å². The summed E-state index contributed by atoms with van der Waals surface area (Å²) in [7, 11) is -0.851. The normalized spacial score (nSPS) is 12.1. The average Bonchev–Trinajstić information content (AvgIpc) is 2.46. The van der Waals surface area contributed by atoms with Gasteiger partial charge in [-0.25, -0.2) is 8.42 Å². The van der Waals surface area contributed by atoms with Gasteiger partial charge in [0.05, 0.1) is 21.8 Å². The second-order valence-electron chi connectivity index (χ2n) is 5.18. The molecule has 2 rings (SSSR count). The summed E-state index contributed by atoms with van der Waals surface area (Å²) in [4.78, 5) is 1.41. The third kappa shape index (κ3) is 4.12. The molecule has 0 radical (unpaired) electrons. The molecule has 0 saturated heterocycles. The number of alkyl halides is 3. The van der Waals surface area contributed by atoms with E-state index in [1.807, 2.05) is 0 Å². The van der Waals surface area contributed by atoms with Gasteiger partial charge in [0.15, 0.2) is 0 Å². The number of benzene rings is 2. The van der Waals surface area contributed by atoms with Gasteiger partial charge >= 0.3 is 6.18 Å². The molecule has 0 saturated carbocycles. The summed E-state index contributed by atoms with van der Waals surface area (Å²) < 4.78 is 65.7. The summed E-state index contributed by atoms with van der Waals surface area (Å²) in [6.45, 7) is 0. The van der Waals surface area contributed by atoms with Crippen LogP contribution in [-0.2, 0) is 16.2 Å². The number of anilines is 2. The maximum absolute atomic E-state index is 12.9. The van der Waals surface area contributed by atoms with Crippen LogP contribution in [0.5, 0.6) is 0 Å². The molecule has 0 aliphatic rings. The molecule has 9 heteroatoms. The zero-order valence-corrected chi connectivity index (χ0v) is 14.3. The fourth-order valence-electron chi connectivity index (χ4n) is 2.00. The van der Waals surface area contributed by atoms with E-state index in [1.165, 1.54) is 35.2 Å². The topological polar surface area (TPSA) is 49.4 Å². The highest BCUT2D eigenvalue weighted by Gasteiger charge is 2.31. The Bertz CT molecular complexity index is 835. The lowest BCUT2D eigenvalue weighted by molar-refractivity contribution is -0.137. The number of sulfonamides is 1. The fourth-order valence-corrected chi connectivity index (χ4v) is 3.19. The van der Waals surface area contributed by atoms with Crippen molar-refractivity contribution in [3.8, 4) is 0 Å². The molecule has 0 bridgehead atoms. The molecular weight excluding hydrogens is 365 g/mol. The minimum absolute atomic E-state index is 0.103. The van der Waals surface area contributed by atoms with Crippen LogP contribution in [0.1, 0.15) is 5.56 Å². The highest BCUT2D eigenvalue weighted by atomic mass is 35.5. The molecule has 0 unspecified atom stereocenters. The predicted octanol–water partition coefficient (Wildman–Crippen LogP) is 4.23. The van der Waals surface area contributed by atoms with E-state index >= 15 is 0 Å². The van der Waals surface area contributed by atoms with Gasteiger partial charge in [0.25, 0.3) is 10.0 Å². The lowest BCUT2D eigenvalue weighted by Gasteiger charge is -2.20. The van der Waals surface area contributed by atoms with E-state index in [4.69, 9.17) is 11.6 Å². The number of halogens is 4. The van der Waals surface area contributed by atoms with Crippen molar-refractivity contribution < 1.29 is 21.6 Å². The van der Waals surface area contributed by atoms with Crippen LogP contribution in [0.15, 0.2) is 47.4 Å². The van der Waals surface area contributed by atoms with E-state index in [0.717, 1.165) is 12.1 Å². The van der Waals surface area contributed by atoms with Crippen molar-refractivity contribution in [3.05, 3.63) is 53.1 Å². The van der Waals surface area contributed by atoms with Gasteiger partial charge in [-0.2, -0.15) is 13.2 Å². The summed E-state index contributed by atoms with van der Waals surface area (Å²) in [5.74, 6) is 0. The van der Waals surface area contributed by atoms with E-state index in [2.05, 4.69) is 4.72 Å². The van der Waals surface area contributed by atoms with Gasteiger partial charge < -0.3 is 4.90 Å². The van der Waals surface area contributed by atoms with Crippen LogP contribution in [-0.4, -0.2) is 22.5 Å². The van der Waals surface area contributed by atoms with Crippen LogP contribution in [0, 0.1) is 0 Å². The SMILES string of the molecule is CN(C)c1ccc(C(F)(F)F)cc1NS(=O)(=O)c1ccc(Cl)cc1. The average molecular weight is 379 g/mol. The molecule has 4 nitrogen and oxygen atoms in total. The first-order valence-electron chi connectivity index (χ1n) is 6.67. The fraction of sp³-hybridized carbons (Fsp3) is 0.200. The second kappa shape index (κ2) is 6.52. The molecular formula is C15H14ClF3N2O2S. The van der Waals surface area contributed by atoms with Crippen molar-refractivity contribution in [2.45, 2.75) is 11.1 Å². The molecule has 0 aliphatic carbocycles. The van der Waals surface area contributed by atoms with Gasteiger partial charge in [-0.05, 0) is 42.5 Å². The zero-order chi connectivity index (χ0) is 18.1. The molecule has 1 N–H and O–H groups in total. The van der Waals surface area contributed by atoms with Crippen LogP contribution >= 0.6 is 11.6 Å². The first-order valence-corrected chi connectivity index (χ1v) is 8.54. The quantitative estimate of drug-likeness (QED) is 0.866. The van der Waals surface area contributed by atoms with E-state index in [0.29, 0.717) is 10.7 Å². The van der Waals surface area contributed by atoms with E-state index in [9.17, 15) is 21.6 Å². The Kier molecular flexibility index (Phi) is 5.00. The van der Waals surface area contributed by atoms with Gasteiger partial charge in [0, 0.05) is 19.1 Å². The van der Waals surface area contributed by atoms with Crippen molar-refractivity contribution in [2.75, 3.05) is 23.7 Å². The highest BCUT2D eigenvalue weighted by Crippen LogP contribution is 2.35. The van der Waals surface area contributed by atoms with Crippen LogP contribution in [0.2, 0.25) is 5.02 Å². The van der Waals surface area contributed by atoms with Gasteiger partial charge in [0.2, 0.25) is 0 Å². The van der Waals surface area contributed by atoms with Crippen LogP contribution in [0.3, 0.4) is 0 Å². The lowest BCUT2D eigenvalue weighted by atomic mass is 10.1. The maximum Gasteiger partial charge on any atom is 0.416 e. The largest absolute Gasteiger partial charge is 0.416 e. The number of hydrogen-bond acceptors (Lipinski definition) is 3. The molecule has 0 aliphatic heterocycles. The van der Waals surface area contributed by atoms with Gasteiger partial charge in [-0.15, -0.1) is 0 Å². The number of rotatable bonds is 4. The molecule has 0 atom stereocenters. The first kappa shape index (κ1) is 18.4. The number of nitrogens with zero attached hydrogens (tertiary/aromatic N) is 1. The third-order valence-electron chi connectivity index (χ3n) is 3.17.